The number of anilines is 1. The Morgan fingerprint density at radius 3 is 2.84 bits per heavy atom. The Kier molecular flexibility index (Phi) is 3.65. The van der Waals surface area contributed by atoms with Crippen molar-refractivity contribution in [2.75, 3.05) is 24.6 Å². The van der Waals surface area contributed by atoms with E-state index < -0.39 is 0 Å². The maximum atomic E-state index is 9.15. The van der Waals surface area contributed by atoms with Gasteiger partial charge in [0.25, 0.3) is 0 Å². The molecule has 3 rings (SSSR count). The Bertz CT molecular complexity index is 469. The van der Waals surface area contributed by atoms with Crippen LogP contribution in [0.2, 0.25) is 0 Å². The molecule has 0 aliphatic carbocycles. The second-order valence-corrected chi connectivity index (χ2v) is 5.38. The molecule has 0 aromatic carbocycles. The average molecular weight is 257 g/mol. The predicted octanol–water partition coefficient (Wildman–Crippen LogP) is 2.35. The lowest BCUT2D eigenvalue weighted by molar-refractivity contribution is 0.0531. The first-order chi connectivity index (χ1) is 9.38. The van der Waals surface area contributed by atoms with Gasteiger partial charge in [-0.25, -0.2) is 0 Å². The first kappa shape index (κ1) is 12.4. The van der Waals surface area contributed by atoms with E-state index in [1.807, 2.05) is 6.20 Å². The molecule has 2 fully saturated rings. The minimum atomic E-state index is 0.478. The van der Waals surface area contributed by atoms with Gasteiger partial charge in [0.05, 0.1) is 23.6 Å². The fourth-order valence-corrected chi connectivity index (χ4v) is 3.22. The highest BCUT2D eigenvalue weighted by molar-refractivity contribution is 5.57. The highest BCUT2D eigenvalue weighted by Gasteiger charge is 2.30. The third kappa shape index (κ3) is 2.57. The van der Waals surface area contributed by atoms with Crippen molar-refractivity contribution < 1.29 is 4.74 Å². The summed E-state index contributed by atoms with van der Waals surface area (Å²) < 4.78 is 5.80. The zero-order chi connectivity index (χ0) is 13.1. The number of rotatable bonds is 2. The van der Waals surface area contributed by atoms with E-state index in [9.17, 15) is 0 Å². The summed E-state index contributed by atoms with van der Waals surface area (Å²) in [6.07, 6.45) is 8.72. The van der Waals surface area contributed by atoms with E-state index in [0.29, 0.717) is 12.0 Å². The molecule has 4 heteroatoms. The van der Waals surface area contributed by atoms with Crippen molar-refractivity contribution in [2.45, 2.75) is 31.8 Å². The van der Waals surface area contributed by atoms with Crippen LogP contribution in [0.15, 0.2) is 18.5 Å². The zero-order valence-electron chi connectivity index (χ0n) is 11.1. The summed E-state index contributed by atoms with van der Waals surface area (Å²) in [4.78, 5) is 6.44. The Hall–Kier alpha value is -1.60. The molecule has 1 aromatic rings. The molecule has 4 nitrogen and oxygen atoms in total. The number of pyridine rings is 1. The fourth-order valence-electron chi connectivity index (χ4n) is 3.22. The van der Waals surface area contributed by atoms with E-state index in [0.717, 1.165) is 43.8 Å². The lowest BCUT2D eigenvalue weighted by atomic mass is 9.89. The molecule has 0 N–H and O–H groups in total. The zero-order valence-corrected chi connectivity index (χ0v) is 11.1. The summed E-state index contributed by atoms with van der Waals surface area (Å²) in [6.45, 7) is 2.95. The second-order valence-electron chi connectivity index (χ2n) is 5.38. The van der Waals surface area contributed by atoms with E-state index >= 15 is 0 Å². The van der Waals surface area contributed by atoms with Crippen molar-refractivity contribution >= 4 is 5.69 Å². The van der Waals surface area contributed by atoms with Crippen LogP contribution in [-0.2, 0) is 4.74 Å². The Labute approximate surface area is 114 Å². The number of ether oxygens (including phenoxy) is 1. The topological polar surface area (TPSA) is 49.2 Å². The largest absolute Gasteiger partial charge is 0.378 e. The van der Waals surface area contributed by atoms with Gasteiger partial charge >= 0.3 is 0 Å². The van der Waals surface area contributed by atoms with Gasteiger partial charge in [-0.05, 0) is 37.7 Å². The van der Waals surface area contributed by atoms with Crippen molar-refractivity contribution in [2.24, 2.45) is 5.92 Å². The molecular formula is C15H19N3O. The van der Waals surface area contributed by atoms with Crippen LogP contribution < -0.4 is 4.90 Å². The maximum Gasteiger partial charge on any atom is 0.101 e. The van der Waals surface area contributed by atoms with E-state index in [-0.39, 0.29) is 0 Å². The van der Waals surface area contributed by atoms with Crippen LogP contribution in [0.25, 0.3) is 0 Å². The average Bonchev–Trinajstić information content (AvgIpc) is 3.02. The quantitative estimate of drug-likeness (QED) is 0.816. The molecular weight excluding hydrogens is 238 g/mol. The molecule has 19 heavy (non-hydrogen) atoms. The normalized spacial score (nSPS) is 24.4. The molecule has 1 unspecified atom stereocenters. The Morgan fingerprint density at radius 1 is 1.32 bits per heavy atom. The highest BCUT2D eigenvalue weighted by atomic mass is 16.5. The van der Waals surface area contributed by atoms with E-state index in [2.05, 4.69) is 16.0 Å². The van der Waals surface area contributed by atoms with Gasteiger partial charge in [0, 0.05) is 25.9 Å². The fraction of sp³-hybridized carbons (Fsp3) is 0.600. The smallest absolute Gasteiger partial charge is 0.101 e. The van der Waals surface area contributed by atoms with Crippen molar-refractivity contribution in [1.29, 1.82) is 5.26 Å². The summed E-state index contributed by atoms with van der Waals surface area (Å²) in [7, 11) is 0. The van der Waals surface area contributed by atoms with Gasteiger partial charge in [-0.2, -0.15) is 5.26 Å². The van der Waals surface area contributed by atoms with Crippen molar-refractivity contribution in [3.8, 4) is 6.07 Å². The number of nitriles is 1. The Morgan fingerprint density at radius 2 is 2.16 bits per heavy atom. The third-order valence-electron chi connectivity index (χ3n) is 4.29. The van der Waals surface area contributed by atoms with Gasteiger partial charge in [-0.1, -0.05) is 0 Å². The number of piperidine rings is 1. The SMILES string of the molecule is N#Cc1ccncc1N1CCC(C2CCCO2)CC1. The van der Waals surface area contributed by atoms with Crippen LogP contribution in [0.1, 0.15) is 31.2 Å². The molecule has 0 spiro atoms. The molecule has 100 valence electrons. The molecule has 2 aliphatic heterocycles. The van der Waals surface area contributed by atoms with Crippen LogP contribution in [0.4, 0.5) is 5.69 Å². The minimum Gasteiger partial charge on any atom is -0.378 e. The van der Waals surface area contributed by atoms with Crippen LogP contribution >= 0.6 is 0 Å². The van der Waals surface area contributed by atoms with Gasteiger partial charge in [-0.15, -0.1) is 0 Å². The lowest BCUT2D eigenvalue weighted by Crippen LogP contribution is -2.38. The van der Waals surface area contributed by atoms with Crippen LogP contribution in [-0.4, -0.2) is 30.8 Å². The molecule has 2 saturated heterocycles. The molecule has 0 saturated carbocycles. The summed E-state index contributed by atoms with van der Waals surface area (Å²) in [5, 5.41) is 9.15. The van der Waals surface area contributed by atoms with Gasteiger partial charge in [0.2, 0.25) is 0 Å². The molecule has 0 bridgehead atoms. The van der Waals surface area contributed by atoms with Gasteiger partial charge in [0.1, 0.15) is 6.07 Å². The molecule has 0 radical (unpaired) electrons. The van der Waals surface area contributed by atoms with E-state index in [4.69, 9.17) is 10.00 Å². The molecule has 3 heterocycles. The summed E-state index contributed by atoms with van der Waals surface area (Å²) in [6, 6.07) is 4.05. The second kappa shape index (κ2) is 5.58. The van der Waals surface area contributed by atoms with Gasteiger partial charge in [0.15, 0.2) is 0 Å². The van der Waals surface area contributed by atoms with Crippen molar-refractivity contribution in [1.82, 2.24) is 4.98 Å². The molecule has 1 aromatic heterocycles. The maximum absolute atomic E-state index is 9.15. The minimum absolute atomic E-state index is 0.478. The summed E-state index contributed by atoms with van der Waals surface area (Å²) >= 11 is 0. The molecule has 2 aliphatic rings. The molecule has 1 atom stereocenters. The lowest BCUT2D eigenvalue weighted by Gasteiger charge is -2.35. The summed E-state index contributed by atoms with van der Waals surface area (Å²) in [5.74, 6) is 0.695. The van der Waals surface area contributed by atoms with Crippen LogP contribution in [0.5, 0.6) is 0 Å². The van der Waals surface area contributed by atoms with Gasteiger partial charge < -0.3 is 9.64 Å². The monoisotopic (exact) mass is 257 g/mol. The highest BCUT2D eigenvalue weighted by Crippen LogP contribution is 2.31. The number of nitrogens with zero attached hydrogens (tertiary/aromatic N) is 3. The number of hydrogen-bond donors (Lipinski definition) is 0. The predicted molar refractivity (Wildman–Crippen MR) is 72.9 cm³/mol. The van der Waals surface area contributed by atoms with E-state index in [1.54, 1.807) is 12.3 Å². The first-order valence-corrected chi connectivity index (χ1v) is 7.09. The van der Waals surface area contributed by atoms with Crippen molar-refractivity contribution in [3.63, 3.8) is 0 Å². The molecule has 0 amide bonds. The summed E-state index contributed by atoms with van der Waals surface area (Å²) in [5.41, 5.74) is 1.71. The van der Waals surface area contributed by atoms with E-state index in [1.165, 1.54) is 12.8 Å². The first-order valence-electron chi connectivity index (χ1n) is 7.09. The standard InChI is InChI=1S/C15H19N3O/c16-10-13-3-6-17-11-14(13)18-7-4-12(5-8-18)15-2-1-9-19-15/h3,6,11-12,15H,1-2,4-5,7-9H2. The van der Waals surface area contributed by atoms with Crippen molar-refractivity contribution in [3.05, 3.63) is 24.0 Å². The van der Waals surface area contributed by atoms with Gasteiger partial charge in [-0.3, -0.25) is 4.98 Å². The third-order valence-corrected chi connectivity index (χ3v) is 4.29. The van der Waals surface area contributed by atoms with Crippen LogP contribution in [0, 0.1) is 17.2 Å². The van der Waals surface area contributed by atoms with Crippen LogP contribution in [0.3, 0.4) is 0 Å². The number of hydrogen-bond acceptors (Lipinski definition) is 4. The Balaban J connectivity index is 1.65. The number of aromatic nitrogens is 1.